The molecule has 1 unspecified atom stereocenters. The van der Waals surface area contributed by atoms with E-state index in [1.807, 2.05) is 12.3 Å². The number of hydrogen-bond donors (Lipinski definition) is 2. The number of rotatable bonds is 5. The van der Waals surface area contributed by atoms with Crippen molar-refractivity contribution < 1.29 is 4.39 Å². The van der Waals surface area contributed by atoms with Crippen LogP contribution >= 0.6 is 23.8 Å². The minimum absolute atomic E-state index is 0.306. The van der Waals surface area contributed by atoms with Gasteiger partial charge in [-0.05, 0) is 43.3 Å². The van der Waals surface area contributed by atoms with Crippen molar-refractivity contribution in [2.24, 2.45) is 0 Å². The summed E-state index contributed by atoms with van der Waals surface area (Å²) in [5, 5.41) is 11.5. The molecule has 0 aliphatic carbocycles. The van der Waals surface area contributed by atoms with Gasteiger partial charge in [0.05, 0.1) is 6.54 Å². The number of aromatic nitrogens is 2. The molecule has 0 amide bonds. The van der Waals surface area contributed by atoms with Gasteiger partial charge in [0.2, 0.25) is 0 Å². The van der Waals surface area contributed by atoms with Gasteiger partial charge in [-0.15, -0.1) is 0 Å². The molecule has 1 aromatic carbocycles. The summed E-state index contributed by atoms with van der Waals surface area (Å²) in [6.07, 6.45) is 2.80. The Morgan fingerprint density at radius 3 is 2.91 bits per heavy atom. The van der Waals surface area contributed by atoms with Crippen LogP contribution in [0.5, 0.6) is 0 Å². The van der Waals surface area contributed by atoms with Gasteiger partial charge in [0, 0.05) is 23.3 Å². The standard InChI is InChI=1S/C15H18ClFN4S/c1-3-10(2)18-15(22)19-14-6-7-21(20-14)9-11-4-5-12(17)8-13(11)16/h4-8,10H,3,9H2,1-2H3,(H2,18,19,20,22). The molecule has 0 radical (unpaired) electrons. The third kappa shape index (κ3) is 4.68. The molecule has 0 spiro atoms. The first kappa shape index (κ1) is 16.7. The predicted octanol–water partition coefficient (Wildman–Crippen LogP) is 3.81. The lowest BCUT2D eigenvalue weighted by Gasteiger charge is -2.13. The van der Waals surface area contributed by atoms with Crippen molar-refractivity contribution >= 4 is 34.7 Å². The summed E-state index contributed by atoms with van der Waals surface area (Å²) in [5.74, 6) is 0.303. The Morgan fingerprint density at radius 2 is 2.23 bits per heavy atom. The fourth-order valence-corrected chi connectivity index (χ4v) is 2.35. The number of benzene rings is 1. The average Bonchev–Trinajstić information content (AvgIpc) is 2.88. The average molecular weight is 341 g/mol. The monoisotopic (exact) mass is 340 g/mol. The summed E-state index contributed by atoms with van der Waals surface area (Å²) in [7, 11) is 0. The maximum Gasteiger partial charge on any atom is 0.172 e. The van der Waals surface area contributed by atoms with Crippen LogP contribution in [0.4, 0.5) is 10.2 Å². The van der Waals surface area contributed by atoms with Gasteiger partial charge < -0.3 is 10.6 Å². The van der Waals surface area contributed by atoms with Crippen LogP contribution in [0.15, 0.2) is 30.5 Å². The van der Waals surface area contributed by atoms with Gasteiger partial charge >= 0.3 is 0 Å². The molecule has 4 nitrogen and oxygen atoms in total. The Labute approximate surface area is 139 Å². The zero-order chi connectivity index (χ0) is 16.1. The number of halogens is 2. The first-order valence-corrected chi connectivity index (χ1v) is 7.81. The van der Waals surface area contributed by atoms with Crippen LogP contribution in [0.1, 0.15) is 25.8 Å². The summed E-state index contributed by atoms with van der Waals surface area (Å²) in [6.45, 7) is 4.61. The maximum absolute atomic E-state index is 13.0. The lowest BCUT2D eigenvalue weighted by atomic mass is 10.2. The van der Waals surface area contributed by atoms with Crippen molar-refractivity contribution in [3.8, 4) is 0 Å². The third-order valence-corrected chi connectivity index (χ3v) is 3.79. The minimum Gasteiger partial charge on any atom is -0.360 e. The van der Waals surface area contributed by atoms with E-state index in [0.717, 1.165) is 12.0 Å². The molecule has 0 fully saturated rings. The predicted molar refractivity (Wildman–Crippen MR) is 91.8 cm³/mol. The van der Waals surface area contributed by atoms with E-state index in [2.05, 4.69) is 29.6 Å². The maximum atomic E-state index is 13.0. The van der Waals surface area contributed by atoms with E-state index >= 15 is 0 Å². The number of nitrogens with one attached hydrogen (secondary N) is 2. The molecule has 1 atom stereocenters. The van der Waals surface area contributed by atoms with E-state index < -0.39 is 0 Å². The van der Waals surface area contributed by atoms with Crippen LogP contribution in [0.3, 0.4) is 0 Å². The Morgan fingerprint density at radius 1 is 1.45 bits per heavy atom. The first-order chi connectivity index (χ1) is 10.5. The molecule has 0 bridgehead atoms. The number of hydrogen-bond acceptors (Lipinski definition) is 2. The van der Waals surface area contributed by atoms with Gasteiger partial charge in [0.25, 0.3) is 0 Å². The summed E-state index contributed by atoms with van der Waals surface area (Å²) in [4.78, 5) is 0. The highest BCUT2D eigenvalue weighted by atomic mass is 35.5. The molecule has 118 valence electrons. The lowest BCUT2D eigenvalue weighted by molar-refractivity contribution is 0.624. The normalized spacial score (nSPS) is 12.0. The number of thiocarbonyl (C=S) groups is 1. The number of nitrogens with zero attached hydrogens (tertiary/aromatic N) is 2. The molecule has 2 rings (SSSR count). The van der Waals surface area contributed by atoms with Gasteiger partial charge in [-0.3, -0.25) is 4.68 Å². The van der Waals surface area contributed by atoms with E-state index in [1.54, 1.807) is 10.7 Å². The Kier molecular flexibility index (Phi) is 5.74. The van der Waals surface area contributed by atoms with Crippen molar-refractivity contribution in [2.75, 3.05) is 5.32 Å². The molecule has 7 heteroatoms. The van der Waals surface area contributed by atoms with Crippen molar-refractivity contribution in [3.05, 3.63) is 46.9 Å². The van der Waals surface area contributed by atoms with Crippen molar-refractivity contribution in [1.82, 2.24) is 15.1 Å². The fourth-order valence-electron chi connectivity index (χ4n) is 1.82. The fraction of sp³-hybridized carbons (Fsp3) is 0.333. The summed E-state index contributed by atoms with van der Waals surface area (Å²) in [6, 6.07) is 6.46. The van der Waals surface area contributed by atoms with Crippen molar-refractivity contribution in [3.63, 3.8) is 0 Å². The van der Waals surface area contributed by atoms with Gasteiger partial charge in [-0.2, -0.15) is 5.10 Å². The zero-order valence-electron chi connectivity index (χ0n) is 12.4. The van der Waals surface area contributed by atoms with E-state index in [0.29, 0.717) is 28.5 Å². The highest BCUT2D eigenvalue weighted by Crippen LogP contribution is 2.18. The Hall–Kier alpha value is -1.66. The van der Waals surface area contributed by atoms with Crippen LogP contribution in [0.25, 0.3) is 0 Å². The molecule has 1 aromatic heterocycles. The minimum atomic E-state index is -0.349. The second-order valence-corrected chi connectivity index (χ2v) is 5.86. The van der Waals surface area contributed by atoms with Gasteiger partial charge in [0.15, 0.2) is 10.9 Å². The zero-order valence-corrected chi connectivity index (χ0v) is 14.0. The van der Waals surface area contributed by atoms with Crippen molar-refractivity contribution in [1.29, 1.82) is 0 Å². The largest absolute Gasteiger partial charge is 0.360 e. The molecule has 0 saturated carbocycles. The van der Waals surface area contributed by atoms with Gasteiger partial charge in [-0.25, -0.2) is 4.39 Å². The second-order valence-electron chi connectivity index (χ2n) is 5.04. The van der Waals surface area contributed by atoms with Crippen LogP contribution in [-0.4, -0.2) is 20.9 Å². The van der Waals surface area contributed by atoms with Crippen LogP contribution < -0.4 is 10.6 Å². The van der Waals surface area contributed by atoms with Gasteiger partial charge in [-0.1, -0.05) is 24.6 Å². The highest BCUT2D eigenvalue weighted by Gasteiger charge is 2.07. The third-order valence-electron chi connectivity index (χ3n) is 3.22. The molecule has 2 aromatic rings. The summed E-state index contributed by atoms with van der Waals surface area (Å²) in [5.41, 5.74) is 0.804. The Balaban J connectivity index is 1.98. The smallest absolute Gasteiger partial charge is 0.172 e. The summed E-state index contributed by atoms with van der Waals surface area (Å²) < 4.78 is 14.7. The Bertz CT molecular complexity index is 659. The second kappa shape index (κ2) is 7.56. The topological polar surface area (TPSA) is 41.9 Å². The molecule has 0 aliphatic heterocycles. The molecule has 0 aliphatic rings. The molecule has 1 heterocycles. The lowest BCUT2D eigenvalue weighted by Crippen LogP contribution is -2.35. The van der Waals surface area contributed by atoms with E-state index in [-0.39, 0.29) is 5.82 Å². The van der Waals surface area contributed by atoms with Crippen LogP contribution in [0, 0.1) is 5.82 Å². The first-order valence-electron chi connectivity index (χ1n) is 7.03. The molecule has 0 saturated heterocycles. The molecule has 2 N–H and O–H groups in total. The van der Waals surface area contributed by atoms with E-state index in [1.165, 1.54) is 12.1 Å². The molecular formula is C15H18ClFN4S. The molecular weight excluding hydrogens is 323 g/mol. The van der Waals surface area contributed by atoms with E-state index in [9.17, 15) is 4.39 Å². The summed E-state index contributed by atoms with van der Waals surface area (Å²) >= 11 is 11.2. The molecule has 22 heavy (non-hydrogen) atoms. The quantitative estimate of drug-likeness (QED) is 0.812. The van der Waals surface area contributed by atoms with Crippen molar-refractivity contribution in [2.45, 2.75) is 32.9 Å². The van der Waals surface area contributed by atoms with E-state index in [4.69, 9.17) is 23.8 Å². The number of anilines is 1. The van der Waals surface area contributed by atoms with Gasteiger partial charge in [0.1, 0.15) is 5.82 Å². The highest BCUT2D eigenvalue weighted by molar-refractivity contribution is 7.80. The SMILES string of the molecule is CCC(C)NC(=S)Nc1ccn(Cc2ccc(F)cc2Cl)n1. The van der Waals surface area contributed by atoms with Crippen LogP contribution in [0.2, 0.25) is 5.02 Å². The van der Waals surface area contributed by atoms with Crippen LogP contribution in [-0.2, 0) is 6.54 Å².